The summed E-state index contributed by atoms with van der Waals surface area (Å²) in [4.78, 5) is 0. The van der Waals surface area contributed by atoms with E-state index in [1.165, 1.54) is 21.5 Å². The maximum Gasteiger partial charge on any atom is 0.116 e. The van der Waals surface area contributed by atoms with Crippen molar-refractivity contribution in [3.63, 3.8) is 0 Å². The zero-order chi connectivity index (χ0) is 17.7. The second-order valence-corrected chi connectivity index (χ2v) is 9.95. The van der Waals surface area contributed by atoms with Gasteiger partial charge in [-0.15, -0.1) is 24.8 Å². The van der Waals surface area contributed by atoms with E-state index in [0.29, 0.717) is 0 Å². The standard InChI is InChI=1S/C25H22P.2ClH/c1-5-13-22(14-6-1)21-26(23-15-7-2-8-16-23,24-17-9-3-10-18-24)25-19-11-4-12-20-25;;/h1-20H,21H2;2*1H/q+1;;. The molecule has 3 heteroatoms. The highest BCUT2D eigenvalue weighted by atomic mass is 35.5. The lowest BCUT2D eigenvalue weighted by atomic mass is 10.2. The third-order valence-electron chi connectivity index (χ3n) is 4.85. The van der Waals surface area contributed by atoms with Crippen molar-refractivity contribution in [3.05, 3.63) is 127 Å². The molecule has 0 bridgehead atoms. The Hall–Kier alpha value is -2.11. The number of rotatable bonds is 5. The van der Waals surface area contributed by atoms with Gasteiger partial charge in [-0.05, 0) is 42.0 Å². The summed E-state index contributed by atoms with van der Waals surface area (Å²) >= 11 is 0. The van der Waals surface area contributed by atoms with Gasteiger partial charge in [0.1, 0.15) is 23.2 Å². The number of hydrogen-bond donors (Lipinski definition) is 0. The van der Waals surface area contributed by atoms with E-state index in [1.54, 1.807) is 0 Å². The number of hydrogen-bond acceptors (Lipinski definition) is 0. The molecule has 142 valence electrons. The molecule has 0 fully saturated rings. The Labute approximate surface area is 180 Å². The highest BCUT2D eigenvalue weighted by Gasteiger charge is 2.45. The Balaban J connectivity index is 0.00000140. The maximum absolute atomic E-state index is 2.30. The molecule has 28 heavy (non-hydrogen) atoms. The van der Waals surface area contributed by atoms with E-state index in [0.717, 1.165) is 6.16 Å². The largest absolute Gasteiger partial charge is 0.147 e. The van der Waals surface area contributed by atoms with E-state index >= 15 is 0 Å². The van der Waals surface area contributed by atoms with Gasteiger partial charge in [0.05, 0.1) is 6.16 Å². The molecule has 4 aromatic rings. The maximum atomic E-state index is 2.30. The van der Waals surface area contributed by atoms with Gasteiger partial charge in [-0.3, -0.25) is 0 Å². The normalized spacial score (nSPS) is 10.4. The molecule has 0 aromatic heterocycles. The monoisotopic (exact) mass is 425 g/mol. The highest BCUT2D eigenvalue weighted by molar-refractivity contribution is 7.95. The summed E-state index contributed by atoms with van der Waals surface area (Å²) in [5, 5.41) is 4.30. The van der Waals surface area contributed by atoms with Gasteiger partial charge in [0.25, 0.3) is 0 Å². The first kappa shape index (κ1) is 22.2. The van der Waals surface area contributed by atoms with Crippen molar-refractivity contribution < 1.29 is 0 Å². The van der Waals surface area contributed by atoms with E-state index in [4.69, 9.17) is 0 Å². The van der Waals surface area contributed by atoms with E-state index in [1.807, 2.05) is 0 Å². The molecule has 0 unspecified atom stereocenters. The minimum Gasteiger partial charge on any atom is -0.147 e. The van der Waals surface area contributed by atoms with Crippen molar-refractivity contribution >= 4 is 48.0 Å². The van der Waals surface area contributed by atoms with E-state index in [2.05, 4.69) is 121 Å². The molecular weight excluding hydrogens is 402 g/mol. The Kier molecular flexibility index (Phi) is 8.27. The molecule has 0 amide bonds. The fourth-order valence-corrected chi connectivity index (χ4v) is 7.87. The van der Waals surface area contributed by atoms with Crippen LogP contribution >= 0.6 is 32.1 Å². The first-order valence-electron chi connectivity index (χ1n) is 8.98. The highest BCUT2D eigenvalue weighted by Crippen LogP contribution is 2.58. The summed E-state index contributed by atoms with van der Waals surface area (Å²) in [5.74, 6) is 0. The fourth-order valence-electron chi connectivity index (χ4n) is 3.63. The average Bonchev–Trinajstić information content (AvgIpc) is 2.75. The lowest BCUT2D eigenvalue weighted by molar-refractivity contribution is 1.39. The second-order valence-electron chi connectivity index (χ2n) is 6.46. The lowest BCUT2D eigenvalue weighted by Gasteiger charge is -2.27. The van der Waals surface area contributed by atoms with Gasteiger partial charge in [-0.2, -0.15) is 0 Å². The van der Waals surface area contributed by atoms with Gasteiger partial charge in [-0.25, -0.2) is 0 Å². The van der Waals surface area contributed by atoms with Gasteiger partial charge in [0, 0.05) is 0 Å². The van der Waals surface area contributed by atoms with Crippen LogP contribution in [0.2, 0.25) is 0 Å². The van der Waals surface area contributed by atoms with E-state index < -0.39 is 7.26 Å². The molecule has 0 saturated carbocycles. The van der Waals surface area contributed by atoms with Crippen LogP contribution in [0.1, 0.15) is 5.56 Å². The molecule has 0 saturated heterocycles. The van der Waals surface area contributed by atoms with Crippen LogP contribution in [0.25, 0.3) is 0 Å². The average molecular weight is 426 g/mol. The van der Waals surface area contributed by atoms with Crippen LogP contribution in [0, 0.1) is 0 Å². The Morgan fingerprint density at radius 3 is 1.00 bits per heavy atom. The smallest absolute Gasteiger partial charge is 0.116 e. The molecule has 0 N–H and O–H groups in total. The first-order chi connectivity index (χ1) is 12.9. The third kappa shape index (κ3) is 4.47. The number of halogens is 2. The van der Waals surface area contributed by atoms with Gasteiger partial charge in [0.2, 0.25) is 0 Å². The molecule has 0 radical (unpaired) electrons. The Morgan fingerprint density at radius 1 is 0.393 bits per heavy atom. The molecule has 4 rings (SSSR count). The molecule has 0 aliphatic carbocycles. The van der Waals surface area contributed by atoms with Gasteiger partial charge in [0.15, 0.2) is 0 Å². The first-order valence-corrected chi connectivity index (χ1v) is 11.0. The van der Waals surface area contributed by atoms with Crippen LogP contribution in [0.5, 0.6) is 0 Å². The molecular formula is C25H24Cl2P+. The summed E-state index contributed by atoms with van der Waals surface area (Å²) in [6, 6.07) is 44.0. The quantitative estimate of drug-likeness (QED) is 0.342. The van der Waals surface area contributed by atoms with Crippen molar-refractivity contribution in [2.24, 2.45) is 0 Å². The van der Waals surface area contributed by atoms with Crippen molar-refractivity contribution in [3.8, 4) is 0 Å². The molecule has 0 aliphatic rings. The minimum atomic E-state index is -1.78. The second kappa shape index (κ2) is 10.4. The minimum absolute atomic E-state index is 0. The van der Waals surface area contributed by atoms with E-state index in [9.17, 15) is 0 Å². The summed E-state index contributed by atoms with van der Waals surface area (Å²) in [6.45, 7) is 0. The lowest BCUT2D eigenvalue weighted by Crippen LogP contribution is -2.32. The topological polar surface area (TPSA) is 0 Å². The Morgan fingerprint density at radius 2 is 0.679 bits per heavy atom. The van der Waals surface area contributed by atoms with Crippen LogP contribution < -0.4 is 15.9 Å². The Bertz CT molecular complexity index is 846. The zero-order valence-corrected chi connectivity index (χ0v) is 18.0. The van der Waals surface area contributed by atoms with Crippen LogP contribution in [0.4, 0.5) is 0 Å². The third-order valence-corrected chi connectivity index (χ3v) is 9.23. The van der Waals surface area contributed by atoms with Crippen LogP contribution in [0.15, 0.2) is 121 Å². The summed E-state index contributed by atoms with van der Waals surface area (Å²) < 4.78 is 0. The zero-order valence-electron chi connectivity index (χ0n) is 15.5. The van der Waals surface area contributed by atoms with Crippen molar-refractivity contribution in [2.75, 3.05) is 0 Å². The van der Waals surface area contributed by atoms with Crippen molar-refractivity contribution in [2.45, 2.75) is 6.16 Å². The molecule has 0 nitrogen and oxygen atoms in total. The molecule has 0 spiro atoms. The molecule has 4 aromatic carbocycles. The predicted molar refractivity (Wildman–Crippen MR) is 130 cm³/mol. The molecule has 0 aliphatic heterocycles. The molecule has 0 atom stereocenters. The van der Waals surface area contributed by atoms with Gasteiger partial charge in [-0.1, -0.05) is 84.9 Å². The SMILES string of the molecule is Cl.Cl.c1ccc(C[P+](c2ccccc2)(c2ccccc2)c2ccccc2)cc1. The van der Waals surface area contributed by atoms with Crippen LogP contribution in [-0.4, -0.2) is 0 Å². The summed E-state index contributed by atoms with van der Waals surface area (Å²) in [7, 11) is -1.78. The summed E-state index contributed by atoms with van der Waals surface area (Å²) in [5.41, 5.74) is 1.39. The predicted octanol–water partition coefficient (Wildman–Crippen LogP) is 6.02. The van der Waals surface area contributed by atoms with Crippen molar-refractivity contribution in [1.82, 2.24) is 0 Å². The fraction of sp³-hybridized carbons (Fsp3) is 0.0400. The van der Waals surface area contributed by atoms with Gasteiger partial charge < -0.3 is 0 Å². The van der Waals surface area contributed by atoms with Crippen molar-refractivity contribution in [1.29, 1.82) is 0 Å². The van der Waals surface area contributed by atoms with Crippen LogP contribution in [0.3, 0.4) is 0 Å². The van der Waals surface area contributed by atoms with Crippen LogP contribution in [-0.2, 0) is 6.16 Å². The number of benzene rings is 4. The van der Waals surface area contributed by atoms with E-state index in [-0.39, 0.29) is 24.8 Å². The molecule has 0 heterocycles. The van der Waals surface area contributed by atoms with Gasteiger partial charge >= 0.3 is 0 Å². The summed E-state index contributed by atoms with van der Waals surface area (Å²) in [6.07, 6.45) is 1.03.